The number of aromatic nitrogens is 1. The van der Waals surface area contributed by atoms with Crippen LogP contribution in [0.1, 0.15) is 42.6 Å². The van der Waals surface area contributed by atoms with Crippen molar-refractivity contribution in [3.05, 3.63) is 10.6 Å². The Balaban J connectivity index is 2.88. The molecule has 0 saturated heterocycles. The van der Waals surface area contributed by atoms with Gasteiger partial charge in [-0.15, -0.1) is 0 Å². The summed E-state index contributed by atoms with van der Waals surface area (Å²) >= 11 is 1.45. The first-order chi connectivity index (χ1) is 8.65. The number of methoxy groups -OCH3 is 1. The van der Waals surface area contributed by atoms with Gasteiger partial charge >= 0.3 is 0 Å². The van der Waals surface area contributed by atoms with Gasteiger partial charge in [0.05, 0.1) is 17.2 Å². The maximum atomic E-state index is 11.0. The summed E-state index contributed by atoms with van der Waals surface area (Å²) in [6, 6.07) is 0. The molecule has 0 bridgehead atoms. The first-order valence-corrected chi connectivity index (χ1v) is 7.16. The molecule has 0 fully saturated rings. The van der Waals surface area contributed by atoms with Gasteiger partial charge in [-0.3, -0.25) is 4.79 Å². The summed E-state index contributed by atoms with van der Waals surface area (Å²) in [6.45, 7) is 8.81. The summed E-state index contributed by atoms with van der Waals surface area (Å²) in [5.74, 6) is 0.624. The molecule has 1 rings (SSSR count). The van der Waals surface area contributed by atoms with E-state index in [9.17, 15) is 4.79 Å². The highest BCUT2D eigenvalue weighted by Gasteiger charge is 2.16. The van der Waals surface area contributed by atoms with Gasteiger partial charge in [0.1, 0.15) is 0 Å². The molecule has 0 aliphatic carbocycles. The molecular weight excluding hydrogens is 248 g/mol. The van der Waals surface area contributed by atoms with E-state index < -0.39 is 0 Å². The van der Waals surface area contributed by atoms with Crippen molar-refractivity contribution in [1.29, 1.82) is 0 Å². The molecule has 0 aliphatic rings. The number of anilines is 1. The molecule has 0 aliphatic heterocycles. The Kier molecular flexibility index (Phi) is 6.29. The van der Waals surface area contributed by atoms with E-state index >= 15 is 0 Å². The van der Waals surface area contributed by atoms with Gasteiger partial charge in [0.15, 0.2) is 11.4 Å². The van der Waals surface area contributed by atoms with Crippen molar-refractivity contribution in [3.63, 3.8) is 0 Å². The fourth-order valence-corrected chi connectivity index (χ4v) is 2.62. The fraction of sp³-hybridized carbons (Fsp3) is 0.692. The number of carbonyl (C=O) groups is 1. The number of hydrogen-bond acceptors (Lipinski definition) is 5. The van der Waals surface area contributed by atoms with Crippen molar-refractivity contribution in [2.45, 2.75) is 33.8 Å². The second kappa shape index (κ2) is 7.48. The van der Waals surface area contributed by atoms with E-state index in [-0.39, 0.29) is 0 Å². The maximum Gasteiger partial charge on any atom is 0.186 e. The van der Waals surface area contributed by atoms with Crippen LogP contribution in [0.25, 0.3) is 0 Å². The fourth-order valence-electron chi connectivity index (χ4n) is 1.67. The standard InChI is InChI=1S/C13H22N2O2S/c1-5-10(3)7-15(6-2)13-14-11(9-17-4)12(8-16)18-13/h8,10H,5-7,9H2,1-4H3. The average Bonchev–Trinajstić information content (AvgIpc) is 2.79. The molecule has 0 N–H and O–H groups in total. The van der Waals surface area contributed by atoms with Gasteiger partial charge in [0, 0.05) is 20.2 Å². The molecule has 1 atom stereocenters. The monoisotopic (exact) mass is 270 g/mol. The molecule has 5 heteroatoms. The molecule has 1 unspecified atom stereocenters. The number of thiazole rings is 1. The molecule has 4 nitrogen and oxygen atoms in total. The highest BCUT2D eigenvalue weighted by Crippen LogP contribution is 2.26. The lowest BCUT2D eigenvalue weighted by molar-refractivity contribution is 0.112. The van der Waals surface area contributed by atoms with Crippen molar-refractivity contribution in [2.24, 2.45) is 5.92 Å². The molecule has 102 valence electrons. The Morgan fingerprint density at radius 1 is 1.50 bits per heavy atom. The lowest BCUT2D eigenvalue weighted by atomic mass is 10.1. The Morgan fingerprint density at radius 2 is 2.22 bits per heavy atom. The van der Waals surface area contributed by atoms with E-state index in [1.165, 1.54) is 11.3 Å². The van der Waals surface area contributed by atoms with E-state index in [1.54, 1.807) is 7.11 Å². The number of ether oxygens (including phenoxy) is 1. The Labute approximate surface area is 113 Å². The molecule has 1 heterocycles. The normalized spacial score (nSPS) is 12.4. The minimum atomic E-state index is 0.394. The third kappa shape index (κ3) is 3.78. The molecule has 0 aromatic carbocycles. The van der Waals surface area contributed by atoms with Gasteiger partial charge in [-0.2, -0.15) is 0 Å². The van der Waals surface area contributed by atoms with E-state index in [2.05, 4.69) is 30.7 Å². The molecule has 0 radical (unpaired) electrons. The van der Waals surface area contributed by atoms with Crippen molar-refractivity contribution >= 4 is 22.8 Å². The summed E-state index contributed by atoms with van der Waals surface area (Å²) in [7, 11) is 1.62. The largest absolute Gasteiger partial charge is 0.378 e. The highest BCUT2D eigenvalue weighted by molar-refractivity contribution is 7.17. The summed E-state index contributed by atoms with van der Waals surface area (Å²) < 4.78 is 5.07. The summed E-state index contributed by atoms with van der Waals surface area (Å²) in [5, 5.41) is 0.923. The number of nitrogens with zero attached hydrogens (tertiary/aromatic N) is 2. The first-order valence-electron chi connectivity index (χ1n) is 6.34. The van der Waals surface area contributed by atoms with Crippen LogP contribution in [-0.4, -0.2) is 31.5 Å². The zero-order valence-corrected chi connectivity index (χ0v) is 12.4. The molecule has 1 aromatic heterocycles. The predicted molar refractivity (Wildman–Crippen MR) is 75.6 cm³/mol. The number of hydrogen-bond donors (Lipinski definition) is 0. The third-order valence-corrected chi connectivity index (χ3v) is 4.07. The predicted octanol–water partition coefficient (Wildman–Crippen LogP) is 2.97. The van der Waals surface area contributed by atoms with E-state index in [0.717, 1.165) is 36.6 Å². The minimum Gasteiger partial charge on any atom is -0.378 e. The Bertz CT molecular complexity index is 379. The lowest BCUT2D eigenvalue weighted by Gasteiger charge is -2.23. The number of aldehydes is 1. The summed E-state index contributed by atoms with van der Waals surface area (Å²) in [5.41, 5.74) is 0.745. The van der Waals surface area contributed by atoms with Gasteiger partial charge in [-0.1, -0.05) is 31.6 Å². The van der Waals surface area contributed by atoms with Gasteiger partial charge in [-0.05, 0) is 12.8 Å². The maximum absolute atomic E-state index is 11.0. The van der Waals surface area contributed by atoms with Crippen LogP contribution < -0.4 is 4.90 Å². The minimum absolute atomic E-state index is 0.394. The SMILES string of the molecule is CCC(C)CN(CC)c1nc(COC)c(C=O)s1. The van der Waals surface area contributed by atoms with Crippen molar-refractivity contribution in [3.8, 4) is 0 Å². The highest BCUT2D eigenvalue weighted by atomic mass is 32.1. The van der Waals surface area contributed by atoms with Gasteiger partial charge in [0.25, 0.3) is 0 Å². The first kappa shape index (κ1) is 15.1. The second-order valence-electron chi connectivity index (χ2n) is 4.41. The second-order valence-corrected chi connectivity index (χ2v) is 5.42. The Morgan fingerprint density at radius 3 is 2.72 bits per heavy atom. The van der Waals surface area contributed by atoms with Gasteiger partial charge < -0.3 is 9.64 Å². The summed E-state index contributed by atoms with van der Waals surface area (Å²) in [4.78, 5) is 18.4. The van der Waals surface area contributed by atoms with Crippen molar-refractivity contribution in [1.82, 2.24) is 4.98 Å². The number of rotatable bonds is 8. The number of carbonyl (C=O) groups excluding carboxylic acids is 1. The molecule has 18 heavy (non-hydrogen) atoms. The zero-order chi connectivity index (χ0) is 13.5. The van der Waals surface area contributed by atoms with Crippen LogP contribution in [0.15, 0.2) is 0 Å². The van der Waals surface area contributed by atoms with Crippen molar-refractivity contribution < 1.29 is 9.53 Å². The van der Waals surface area contributed by atoms with Crippen LogP contribution in [0.4, 0.5) is 5.13 Å². The van der Waals surface area contributed by atoms with Crippen LogP contribution in [-0.2, 0) is 11.3 Å². The smallest absolute Gasteiger partial charge is 0.186 e. The summed E-state index contributed by atoms with van der Waals surface area (Å²) in [6.07, 6.45) is 2.01. The third-order valence-electron chi connectivity index (χ3n) is 2.99. The molecular formula is C13H22N2O2S. The quantitative estimate of drug-likeness (QED) is 0.681. The zero-order valence-electron chi connectivity index (χ0n) is 11.6. The van der Waals surface area contributed by atoms with Crippen LogP contribution in [0, 0.1) is 5.92 Å². The lowest BCUT2D eigenvalue weighted by Crippen LogP contribution is -2.27. The van der Waals surface area contributed by atoms with Gasteiger partial charge in [0.2, 0.25) is 0 Å². The van der Waals surface area contributed by atoms with Crippen LogP contribution in [0.2, 0.25) is 0 Å². The van der Waals surface area contributed by atoms with E-state index in [4.69, 9.17) is 4.74 Å². The molecule has 1 aromatic rings. The van der Waals surface area contributed by atoms with E-state index in [1.807, 2.05) is 0 Å². The van der Waals surface area contributed by atoms with Crippen LogP contribution in [0.5, 0.6) is 0 Å². The van der Waals surface area contributed by atoms with E-state index in [0.29, 0.717) is 17.4 Å². The average molecular weight is 270 g/mol. The van der Waals surface area contributed by atoms with Crippen LogP contribution in [0.3, 0.4) is 0 Å². The topological polar surface area (TPSA) is 42.4 Å². The molecule has 0 amide bonds. The van der Waals surface area contributed by atoms with Gasteiger partial charge in [-0.25, -0.2) is 4.98 Å². The molecule has 0 spiro atoms. The Hall–Kier alpha value is -0.940. The van der Waals surface area contributed by atoms with Crippen LogP contribution >= 0.6 is 11.3 Å². The molecule has 0 saturated carbocycles. The van der Waals surface area contributed by atoms with Crippen molar-refractivity contribution in [2.75, 3.05) is 25.1 Å².